The maximum absolute atomic E-state index is 13.2. The monoisotopic (exact) mass is 380 g/mol. The van der Waals surface area contributed by atoms with Crippen LogP contribution in [0.2, 0.25) is 0 Å². The first-order valence-electron chi connectivity index (χ1n) is 8.18. The zero-order chi connectivity index (χ0) is 18.0. The Morgan fingerprint density at radius 1 is 1.28 bits per heavy atom. The van der Waals surface area contributed by atoms with Gasteiger partial charge < -0.3 is 10.1 Å². The minimum atomic E-state index is -3.95. The molecule has 0 amide bonds. The van der Waals surface area contributed by atoms with Crippen LogP contribution in [0.1, 0.15) is 23.6 Å². The van der Waals surface area contributed by atoms with Gasteiger partial charge in [0.05, 0.1) is 12.8 Å². The number of nitrogens with zero attached hydrogens (tertiary/aromatic N) is 1. The topological polar surface area (TPSA) is 58.6 Å². The molecular formula is C18H21ClN2O3S. The summed E-state index contributed by atoms with van der Waals surface area (Å²) in [4.78, 5) is 0.0795. The third-order valence-corrected chi connectivity index (χ3v) is 6.65. The van der Waals surface area contributed by atoms with E-state index < -0.39 is 10.0 Å². The van der Waals surface area contributed by atoms with Crippen molar-refractivity contribution in [1.29, 1.82) is 0 Å². The van der Waals surface area contributed by atoms with Gasteiger partial charge in [-0.2, -0.15) is 12.2 Å². The van der Waals surface area contributed by atoms with E-state index in [0.29, 0.717) is 12.2 Å². The van der Waals surface area contributed by atoms with Crippen molar-refractivity contribution in [2.24, 2.45) is 0 Å². The van der Waals surface area contributed by atoms with Gasteiger partial charge in [0.15, 0.2) is 0 Å². The van der Waals surface area contributed by atoms with Gasteiger partial charge in [0, 0.05) is 18.3 Å². The number of hydrogen-bond acceptors (Lipinski definition) is 4. The predicted octanol–water partition coefficient (Wildman–Crippen LogP) is 3.25. The molecular weight excluding hydrogens is 360 g/mol. The second-order valence-electron chi connectivity index (χ2n) is 5.90. The smallest absolute Gasteiger partial charge is 0.281 e. The summed E-state index contributed by atoms with van der Waals surface area (Å²) in [5.74, 6) is 0.286. The van der Waals surface area contributed by atoms with E-state index in [1.165, 1.54) is 7.11 Å². The number of hydrogen-bond donors (Lipinski definition) is 1. The highest BCUT2D eigenvalue weighted by Gasteiger charge is 2.30. The predicted molar refractivity (Wildman–Crippen MR) is 99.7 cm³/mol. The van der Waals surface area contributed by atoms with Crippen LogP contribution in [0.25, 0.3) is 0 Å². The molecule has 0 spiro atoms. The molecule has 5 nitrogen and oxygen atoms in total. The standard InChI is InChI=1S/C18H21ClN2O3S/c1-3-13-7-8-17(24-2)18(11-13)25(22,23)21(19)16-6-4-5-14-12-20-10-9-15(14)16/h4-8,11,20H,3,9-10,12H2,1-2H3. The lowest BCUT2D eigenvalue weighted by molar-refractivity contribution is 0.402. The fourth-order valence-electron chi connectivity index (χ4n) is 3.03. The van der Waals surface area contributed by atoms with Crippen LogP contribution < -0.4 is 13.9 Å². The first-order chi connectivity index (χ1) is 12.0. The van der Waals surface area contributed by atoms with Gasteiger partial charge >= 0.3 is 0 Å². The van der Waals surface area contributed by atoms with Gasteiger partial charge in [0.25, 0.3) is 10.0 Å². The average Bonchev–Trinajstić information content (AvgIpc) is 2.66. The first kappa shape index (κ1) is 18.0. The van der Waals surface area contributed by atoms with Crippen LogP contribution in [-0.2, 0) is 29.4 Å². The normalized spacial score (nSPS) is 14.0. The number of anilines is 1. The Hall–Kier alpha value is -1.76. The zero-order valence-corrected chi connectivity index (χ0v) is 15.8. The second-order valence-corrected chi connectivity index (χ2v) is 8.19. The second kappa shape index (κ2) is 7.23. The van der Waals surface area contributed by atoms with Crippen molar-refractivity contribution >= 4 is 27.5 Å². The SMILES string of the molecule is CCc1ccc(OC)c(S(=O)(=O)N(Cl)c2cccc3c2CCNC3)c1. The van der Waals surface area contributed by atoms with E-state index in [-0.39, 0.29) is 10.6 Å². The molecule has 0 saturated heterocycles. The van der Waals surface area contributed by atoms with E-state index in [4.69, 9.17) is 16.5 Å². The molecule has 0 saturated carbocycles. The highest BCUT2D eigenvalue weighted by molar-refractivity contribution is 7.94. The zero-order valence-electron chi connectivity index (χ0n) is 14.3. The summed E-state index contributed by atoms with van der Waals surface area (Å²) in [6.07, 6.45) is 1.46. The van der Waals surface area contributed by atoms with Gasteiger partial charge in [0.1, 0.15) is 10.6 Å². The molecule has 2 aromatic rings. The lowest BCUT2D eigenvalue weighted by Crippen LogP contribution is -2.28. The number of fused-ring (bicyclic) bond motifs is 1. The Morgan fingerprint density at radius 3 is 2.80 bits per heavy atom. The molecule has 1 aliphatic rings. The summed E-state index contributed by atoms with van der Waals surface area (Å²) in [6, 6.07) is 10.7. The number of sulfonamides is 1. The van der Waals surface area contributed by atoms with Crippen LogP contribution in [0.15, 0.2) is 41.3 Å². The van der Waals surface area contributed by atoms with Crippen LogP contribution in [0, 0.1) is 0 Å². The molecule has 3 rings (SSSR count). The van der Waals surface area contributed by atoms with Gasteiger partial charge in [-0.1, -0.05) is 25.1 Å². The third-order valence-electron chi connectivity index (χ3n) is 4.43. The first-order valence-corrected chi connectivity index (χ1v) is 9.96. The minimum Gasteiger partial charge on any atom is -0.495 e. The number of ether oxygens (including phenoxy) is 1. The lowest BCUT2D eigenvalue weighted by Gasteiger charge is -2.25. The third kappa shape index (κ3) is 3.34. The maximum atomic E-state index is 13.2. The quantitative estimate of drug-likeness (QED) is 0.809. The van der Waals surface area contributed by atoms with Crippen LogP contribution in [0.3, 0.4) is 0 Å². The van der Waals surface area contributed by atoms with Crippen molar-refractivity contribution in [1.82, 2.24) is 5.32 Å². The van der Waals surface area contributed by atoms with E-state index >= 15 is 0 Å². The molecule has 1 N–H and O–H groups in total. The van der Waals surface area contributed by atoms with Gasteiger partial charge in [-0.3, -0.25) is 0 Å². The summed E-state index contributed by atoms with van der Waals surface area (Å²) in [5, 5.41) is 3.28. The number of benzene rings is 2. The average molecular weight is 381 g/mol. The highest BCUT2D eigenvalue weighted by Crippen LogP contribution is 2.35. The summed E-state index contributed by atoms with van der Waals surface area (Å²) in [7, 11) is -2.49. The molecule has 0 atom stereocenters. The fraction of sp³-hybridized carbons (Fsp3) is 0.333. The largest absolute Gasteiger partial charge is 0.495 e. The van der Waals surface area contributed by atoms with Crippen molar-refractivity contribution in [2.75, 3.05) is 17.5 Å². The summed E-state index contributed by atoms with van der Waals surface area (Å²) >= 11 is 6.36. The van der Waals surface area contributed by atoms with Crippen molar-refractivity contribution < 1.29 is 13.2 Å². The van der Waals surface area contributed by atoms with Crippen LogP contribution in [0.4, 0.5) is 5.69 Å². The number of nitrogens with one attached hydrogen (secondary N) is 1. The summed E-state index contributed by atoms with van der Waals surface area (Å²) < 4.78 is 32.4. The van der Waals surface area contributed by atoms with Crippen molar-refractivity contribution in [2.45, 2.75) is 31.2 Å². The molecule has 0 bridgehead atoms. The lowest BCUT2D eigenvalue weighted by atomic mass is 9.99. The summed E-state index contributed by atoms with van der Waals surface area (Å²) in [6.45, 7) is 3.48. The van der Waals surface area contributed by atoms with E-state index in [9.17, 15) is 8.42 Å². The molecule has 1 aliphatic heterocycles. The molecule has 0 fully saturated rings. The van der Waals surface area contributed by atoms with Crippen LogP contribution in [0.5, 0.6) is 5.75 Å². The number of aryl methyl sites for hydroxylation is 1. The molecule has 0 radical (unpaired) electrons. The van der Waals surface area contributed by atoms with Crippen molar-refractivity contribution in [3.8, 4) is 5.75 Å². The Bertz CT molecular complexity index is 884. The maximum Gasteiger partial charge on any atom is 0.281 e. The Kier molecular flexibility index (Phi) is 5.22. The molecule has 134 valence electrons. The fourth-order valence-corrected chi connectivity index (χ4v) is 4.72. The molecule has 25 heavy (non-hydrogen) atoms. The Balaban J connectivity index is 2.10. The Morgan fingerprint density at radius 2 is 2.08 bits per heavy atom. The van der Waals surface area contributed by atoms with Crippen molar-refractivity contribution in [3.05, 3.63) is 53.1 Å². The highest BCUT2D eigenvalue weighted by atomic mass is 35.5. The van der Waals surface area contributed by atoms with Gasteiger partial charge in [0.2, 0.25) is 0 Å². The van der Waals surface area contributed by atoms with E-state index in [1.807, 2.05) is 25.1 Å². The summed E-state index contributed by atoms with van der Waals surface area (Å²) in [5.41, 5.74) is 3.44. The number of rotatable bonds is 5. The number of methoxy groups -OCH3 is 1. The molecule has 0 unspecified atom stereocenters. The van der Waals surface area contributed by atoms with Gasteiger partial charge in [-0.05, 0) is 54.3 Å². The molecule has 7 heteroatoms. The van der Waals surface area contributed by atoms with Crippen molar-refractivity contribution in [3.63, 3.8) is 0 Å². The molecule has 1 heterocycles. The van der Waals surface area contributed by atoms with E-state index in [2.05, 4.69) is 5.32 Å². The Labute approximate surface area is 153 Å². The van der Waals surface area contributed by atoms with E-state index in [1.54, 1.807) is 18.2 Å². The van der Waals surface area contributed by atoms with Gasteiger partial charge in [-0.25, -0.2) is 0 Å². The molecule has 2 aromatic carbocycles. The van der Waals surface area contributed by atoms with Crippen LogP contribution >= 0.6 is 11.8 Å². The van der Waals surface area contributed by atoms with Crippen LogP contribution in [-0.4, -0.2) is 22.1 Å². The minimum absolute atomic E-state index is 0.0795. The number of halogens is 1. The molecule has 0 aromatic heterocycles. The van der Waals surface area contributed by atoms with Gasteiger partial charge in [-0.15, -0.1) is 0 Å². The van der Waals surface area contributed by atoms with E-state index in [0.717, 1.165) is 39.9 Å². The molecule has 0 aliphatic carbocycles.